The van der Waals surface area contributed by atoms with E-state index in [0.29, 0.717) is 11.4 Å². The molecule has 0 fully saturated rings. The Balaban J connectivity index is 3.06. The Morgan fingerprint density at radius 1 is 1.39 bits per heavy atom. The summed E-state index contributed by atoms with van der Waals surface area (Å²) in [6.07, 6.45) is 2.68. The Bertz CT molecular complexity index is 454. The summed E-state index contributed by atoms with van der Waals surface area (Å²) in [5.74, 6) is 0. The predicted octanol–water partition coefficient (Wildman–Crippen LogP) is 1.30. The van der Waals surface area contributed by atoms with Crippen molar-refractivity contribution in [3.8, 4) is 0 Å². The third-order valence-corrected chi connectivity index (χ3v) is 4.11. The van der Waals surface area contributed by atoms with E-state index in [9.17, 15) is 8.42 Å². The summed E-state index contributed by atoms with van der Waals surface area (Å²) in [6.45, 7) is 7.19. The maximum absolute atomic E-state index is 12.1. The van der Waals surface area contributed by atoms with Crippen LogP contribution in [0.3, 0.4) is 0 Å². The molecule has 1 rings (SSSR count). The van der Waals surface area contributed by atoms with Crippen LogP contribution in [0, 0.1) is 0 Å². The van der Waals surface area contributed by atoms with Crippen molar-refractivity contribution in [3.05, 3.63) is 18.0 Å². The summed E-state index contributed by atoms with van der Waals surface area (Å²) >= 11 is 0. The van der Waals surface area contributed by atoms with Gasteiger partial charge in [-0.2, -0.15) is 0 Å². The number of hydrogen-bond donors (Lipinski definition) is 2. The summed E-state index contributed by atoms with van der Waals surface area (Å²) in [5.41, 5.74) is 0.989. The Morgan fingerprint density at radius 2 is 2.06 bits per heavy atom. The average molecular weight is 273 g/mol. The first-order valence-corrected chi connectivity index (χ1v) is 7.75. The van der Waals surface area contributed by atoms with Crippen molar-refractivity contribution in [2.75, 3.05) is 7.05 Å². The number of sulfonamides is 1. The van der Waals surface area contributed by atoms with E-state index < -0.39 is 10.0 Å². The predicted molar refractivity (Wildman–Crippen MR) is 72.9 cm³/mol. The highest BCUT2D eigenvalue weighted by atomic mass is 32.2. The maximum atomic E-state index is 12.1. The monoisotopic (exact) mass is 273 g/mol. The molecule has 0 atom stereocenters. The molecule has 0 radical (unpaired) electrons. The number of aromatic nitrogens is 1. The van der Waals surface area contributed by atoms with Gasteiger partial charge in [0.15, 0.2) is 0 Å². The van der Waals surface area contributed by atoms with Gasteiger partial charge in [-0.15, -0.1) is 0 Å². The van der Waals surface area contributed by atoms with E-state index in [1.54, 1.807) is 12.3 Å². The van der Waals surface area contributed by atoms with Crippen LogP contribution in [-0.2, 0) is 23.1 Å². The Morgan fingerprint density at radius 3 is 2.56 bits per heavy atom. The number of aryl methyl sites for hydroxylation is 1. The van der Waals surface area contributed by atoms with Gasteiger partial charge in [0.1, 0.15) is 0 Å². The summed E-state index contributed by atoms with van der Waals surface area (Å²) in [4.78, 5) is 0.342. The van der Waals surface area contributed by atoms with Crippen LogP contribution < -0.4 is 10.0 Å². The first kappa shape index (κ1) is 15.2. The molecular formula is C12H23N3O2S. The highest BCUT2D eigenvalue weighted by Crippen LogP contribution is 2.15. The molecule has 2 N–H and O–H groups in total. The number of nitrogens with one attached hydrogen (secondary N) is 2. The maximum Gasteiger partial charge on any atom is 0.242 e. The first-order valence-electron chi connectivity index (χ1n) is 6.26. The fourth-order valence-electron chi connectivity index (χ4n) is 1.83. The second kappa shape index (κ2) is 6.36. The van der Waals surface area contributed by atoms with Crippen molar-refractivity contribution in [1.82, 2.24) is 14.6 Å². The number of rotatable bonds is 7. The third-order valence-electron chi connectivity index (χ3n) is 2.48. The van der Waals surface area contributed by atoms with Crippen molar-refractivity contribution in [1.29, 1.82) is 0 Å². The zero-order chi connectivity index (χ0) is 13.8. The third kappa shape index (κ3) is 3.83. The van der Waals surface area contributed by atoms with E-state index >= 15 is 0 Å². The van der Waals surface area contributed by atoms with E-state index in [0.717, 1.165) is 18.7 Å². The van der Waals surface area contributed by atoms with Crippen molar-refractivity contribution in [2.24, 2.45) is 0 Å². The van der Waals surface area contributed by atoms with Gasteiger partial charge >= 0.3 is 0 Å². The highest BCUT2D eigenvalue weighted by Gasteiger charge is 2.18. The standard InChI is InChI=1S/C12H23N3O2S/c1-5-6-15-9-12(7-11(15)8-13-4)18(16,17)14-10(2)3/h7,9-10,13-14H,5-6,8H2,1-4H3. The Hall–Kier alpha value is -0.850. The topological polar surface area (TPSA) is 63.1 Å². The van der Waals surface area contributed by atoms with Crippen LogP contribution in [0.1, 0.15) is 32.9 Å². The molecule has 0 aromatic carbocycles. The van der Waals surface area contributed by atoms with Crippen LogP contribution in [0.25, 0.3) is 0 Å². The molecule has 0 spiro atoms. The second-order valence-corrected chi connectivity index (χ2v) is 6.38. The van der Waals surface area contributed by atoms with E-state index in [1.807, 2.05) is 25.5 Å². The molecule has 0 amide bonds. The molecule has 104 valence electrons. The van der Waals surface area contributed by atoms with Gasteiger partial charge in [0.05, 0.1) is 4.90 Å². The van der Waals surface area contributed by atoms with E-state index in [2.05, 4.69) is 17.0 Å². The van der Waals surface area contributed by atoms with Crippen LogP contribution in [0.4, 0.5) is 0 Å². The van der Waals surface area contributed by atoms with Gasteiger partial charge in [-0.1, -0.05) is 6.92 Å². The molecule has 0 aliphatic carbocycles. The molecule has 0 unspecified atom stereocenters. The zero-order valence-corrected chi connectivity index (χ0v) is 12.3. The lowest BCUT2D eigenvalue weighted by atomic mass is 10.4. The van der Waals surface area contributed by atoms with E-state index in [-0.39, 0.29) is 6.04 Å². The van der Waals surface area contributed by atoms with Gasteiger partial charge in [-0.05, 0) is 33.4 Å². The van der Waals surface area contributed by atoms with Gasteiger partial charge in [-0.3, -0.25) is 0 Å². The first-order chi connectivity index (χ1) is 8.40. The minimum Gasteiger partial charge on any atom is -0.349 e. The van der Waals surface area contributed by atoms with Gasteiger partial charge in [0.2, 0.25) is 10.0 Å². The molecule has 5 nitrogen and oxygen atoms in total. The molecule has 1 aromatic heterocycles. The zero-order valence-electron chi connectivity index (χ0n) is 11.5. The normalized spacial score (nSPS) is 12.3. The summed E-state index contributed by atoms with van der Waals surface area (Å²) in [5, 5.41) is 3.05. The molecule has 0 saturated heterocycles. The Kier molecular flexibility index (Phi) is 5.37. The smallest absolute Gasteiger partial charge is 0.242 e. The molecule has 0 aliphatic rings. The molecule has 18 heavy (non-hydrogen) atoms. The SMILES string of the molecule is CCCn1cc(S(=O)(=O)NC(C)C)cc1CNC. The van der Waals surface area contributed by atoms with Crippen molar-refractivity contribution >= 4 is 10.0 Å². The van der Waals surface area contributed by atoms with Gasteiger partial charge in [0, 0.05) is 31.0 Å². The molecule has 1 aromatic rings. The van der Waals surface area contributed by atoms with Crippen LogP contribution in [0.2, 0.25) is 0 Å². The highest BCUT2D eigenvalue weighted by molar-refractivity contribution is 7.89. The molecule has 6 heteroatoms. The van der Waals surface area contributed by atoms with Crippen LogP contribution >= 0.6 is 0 Å². The van der Waals surface area contributed by atoms with E-state index in [1.165, 1.54) is 0 Å². The Labute approximate surface area is 110 Å². The molecule has 0 bridgehead atoms. The lowest BCUT2D eigenvalue weighted by Crippen LogP contribution is -2.29. The van der Waals surface area contributed by atoms with Gasteiger partial charge < -0.3 is 9.88 Å². The number of nitrogens with zero attached hydrogens (tertiary/aromatic N) is 1. The van der Waals surface area contributed by atoms with Crippen molar-refractivity contribution in [2.45, 2.75) is 51.2 Å². The molecule has 1 heterocycles. The van der Waals surface area contributed by atoms with Crippen molar-refractivity contribution < 1.29 is 8.42 Å². The minimum atomic E-state index is -3.40. The summed E-state index contributed by atoms with van der Waals surface area (Å²) in [7, 11) is -1.55. The molecule has 0 aliphatic heterocycles. The van der Waals surface area contributed by atoms with E-state index in [4.69, 9.17) is 0 Å². The lowest BCUT2D eigenvalue weighted by Gasteiger charge is -2.07. The van der Waals surface area contributed by atoms with Crippen LogP contribution in [0.5, 0.6) is 0 Å². The van der Waals surface area contributed by atoms with Gasteiger partial charge in [-0.25, -0.2) is 13.1 Å². The molecular weight excluding hydrogens is 250 g/mol. The van der Waals surface area contributed by atoms with Crippen LogP contribution in [-0.4, -0.2) is 26.1 Å². The minimum absolute atomic E-state index is 0.0997. The largest absolute Gasteiger partial charge is 0.349 e. The van der Waals surface area contributed by atoms with Gasteiger partial charge in [0.25, 0.3) is 0 Å². The fraction of sp³-hybridized carbons (Fsp3) is 0.667. The van der Waals surface area contributed by atoms with Crippen molar-refractivity contribution in [3.63, 3.8) is 0 Å². The second-order valence-electron chi connectivity index (χ2n) is 4.67. The summed E-state index contributed by atoms with van der Waals surface area (Å²) < 4.78 is 28.7. The molecule has 0 saturated carbocycles. The van der Waals surface area contributed by atoms with Crippen LogP contribution in [0.15, 0.2) is 17.2 Å². The lowest BCUT2D eigenvalue weighted by molar-refractivity contribution is 0.569. The summed E-state index contributed by atoms with van der Waals surface area (Å²) in [6, 6.07) is 1.63. The quantitative estimate of drug-likeness (QED) is 0.787. The fourth-order valence-corrected chi connectivity index (χ4v) is 3.14. The average Bonchev–Trinajstić information content (AvgIpc) is 2.62. The number of hydrogen-bond acceptors (Lipinski definition) is 3.